The smallest absolute Gasteiger partial charge is 0.0426 e. The van der Waals surface area contributed by atoms with Crippen LogP contribution in [0.15, 0.2) is 0 Å². The molecule has 3 rings (SSSR count). The Hall–Kier alpha value is 0.290. The fourth-order valence-corrected chi connectivity index (χ4v) is 5.87. The third-order valence-corrected chi connectivity index (χ3v) is 5.51. The van der Waals surface area contributed by atoms with Crippen molar-refractivity contribution in [1.29, 1.82) is 0 Å². The van der Waals surface area contributed by atoms with Crippen molar-refractivity contribution in [2.75, 3.05) is 0 Å². The van der Waals surface area contributed by atoms with Crippen molar-refractivity contribution < 1.29 is 0 Å². The van der Waals surface area contributed by atoms with Gasteiger partial charge in [-0.25, -0.2) is 0 Å². The highest BCUT2D eigenvalue weighted by molar-refractivity contribution is 6.23. The highest BCUT2D eigenvalue weighted by Crippen LogP contribution is 2.71. The van der Waals surface area contributed by atoms with Crippen LogP contribution in [0.25, 0.3) is 0 Å². The predicted molar refractivity (Wildman–Crippen MR) is 60.5 cm³/mol. The van der Waals surface area contributed by atoms with Crippen molar-refractivity contribution in [2.24, 2.45) is 22.7 Å². The van der Waals surface area contributed by atoms with Gasteiger partial charge in [-0.3, -0.25) is 0 Å². The summed E-state index contributed by atoms with van der Waals surface area (Å²) in [5.41, 5.74) is 1.26. The Bertz CT molecular complexity index is 283. The minimum absolute atomic E-state index is 0.0932. The second kappa shape index (κ2) is 2.34. The van der Waals surface area contributed by atoms with E-state index in [-0.39, 0.29) is 4.87 Å². The second-order valence-electron chi connectivity index (χ2n) is 7.21. The number of halogens is 1. The van der Waals surface area contributed by atoms with Crippen LogP contribution in [0.1, 0.15) is 52.9 Å². The first-order chi connectivity index (χ1) is 6.32. The van der Waals surface area contributed by atoms with Crippen LogP contribution in [0, 0.1) is 22.7 Å². The monoisotopic (exact) mass is 212 g/mol. The lowest BCUT2D eigenvalue weighted by molar-refractivity contribution is -0.0142. The lowest BCUT2D eigenvalue weighted by Gasteiger charge is -2.52. The molecule has 0 aromatic carbocycles. The maximum Gasteiger partial charge on any atom is 0.0426 e. The highest BCUT2D eigenvalue weighted by Gasteiger charge is 2.63. The first kappa shape index (κ1) is 9.51. The summed E-state index contributed by atoms with van der Waals surface area (Å²) in [7, 11) is 0. The van der Waals surface area contributed by atoms with Gasteiger partial charge in [0.2, 0.25) is 0 Å². The first-order valence-electron chi connectivity index (χ1n) is 6.01. The minimum atomic E-state index is 0.0932. The van der Waals surface area contributed by atoms with Crippen LogP contribution >= 0.6 is 11.6 Å². The van der Waals surface area contributed by atoms with Gasteiger partial charge in [-0.1, -0.05) is 13.8 Å². The van der Waals surface area contributed by atoms with Gasteiger partial charge in [-0.05, 0) is 61.7 Å². The summed E-state index contributed by atoms with van der Waals surface area (Å²) in [6, 6.07) is 0. The van der Waals surface area contributed by atoms with Crippen LogP contribution in [0.3, 0.4) is 0 Å². The van der Waals surface area contributed by atoms with E-state index in [1.807, 2.05) is 0 Å². The summed E-state index contributed by atoms with van der Waals surface area (Å²) in [6.07, 6.45) is 6.85. The molecule has 0 spiro atoms. The molecule has 0 aliphatic heterocycles. The average molecular weight is 213 g/mol. The highest BCUT2D eigenvalue weighted by atomic mass is 35.5. The van der Waals surface area contributed by atoms with Crippen molar-refractivity contribution >= 4 is 11.6 Å². The molecule has 0 heterocycles. The third-order valence-electron chi connectivity index (χ3n) is 5.22. The van der Waals surface area contributed by atoms with Gasteiger partial charge in [0.05, 0.1) is 0 Å². The molecule has 3 saturated carbocycles. The summed E-state index contributed by atoms with van der Waals surface area (Å²) >= 11 is 6.63. The number of hydrogen-bond donors (Lipinski definition) is 0. The summed E-state index contributed by atoms with van der Waals surface area (Å²) in [6.45, 7) is 7.24. The number of hydrogen-bond acceptors (Lipinski definition) is 0. The Balaban J connectivity index is 1.96. The van der Waals surface area contributed by atoms with E-state index in [1.54, 1.807) is 0 Å². The molecule has 3 fully saturated rings. The molecule has 80 valence electrons. The second-order valence-corrected chi connectivity index (χ2v) is 8.12. The zero-order valence-electron chi connectivity index (χ0n) is 9.57. The summed E-state index contributed by atoms with van der Waals surface area (Å²) < 4.78 is 0. The Morgan fingerprint density at radius 3 is 2.43 bits per heavy atom. The van der Waals surface area contributed by atoms with Crippen molar-refractivity contribution in [3.8, 4) is 0 Å². The molecular formula is C13H21Cl. The summed E-state index contributed by atoms with van der Waals surface area (Å²) in [5.74, 6) is 1.96. The van der Waals surface area contributed by atoms with Gasteiger partial charge in [0.15, 0.2) is 0 Å². The first-order valence-corrected chi connectivity index (χ1v) is 6.39. The zero-order valence-corrected chi connectivity index (χ0v) is 10.3. The molecule has 0 aromatic heterocycles. The van der Waals surface area contributed by atoms with E-state index in [0.29, 0.717) is 10.8 Å². The van der Waals surface area contributed by atoms with E-state index in [1.165, 1.54) is 32.1 Å². The molecular weight excluding hydrogens is 192 g/mol. The van der Waals surface area contributed by atoms with Gasteiger partial charge in [-0.2, -0.15) is 0 Å². The normalized spacial score (nSPS) is 66.0. The van der Waals surface area contributed by atoms with Crippen LogP contribution in [-0.2, 0) is 0 Å². The van der Waals surface area contributed by atoms with Crippen molar-refractivity contribution in [3.63, 3.8) is 0 Å². The van der Waals surface area contributed by atoms with Crippen molar-refractivity contribution in [2.45, 2.75) is 57.7 Å². The van der Waals surface area contributed by atoms with Gasteiger partial charge < -0.3 is 0 Å². The number of rotatable bonds is 0. The molecule has 14 heavy (non-hydrogen) atoms. The lowest BCUT2D eigenvalue weighted by atomic mass is 9.54. The van der Waals surface area contributed by atoms with E-state index >= 15 is 0 Å². The molecule has 3 aliphatic carbocycles. The Labute approximate surface area is 92.4 Å². The predicted octanol–water partition coefficient (Wildman–Crippen LogP) is 4.22. The standard InChI is InChI=1S/C13H21Cl/c1-11-6-10-9(4-12(10,2)7-11)5-13(3,14)8-11/h9-10H,4-8H2,1-3H3. The summed E-state index contributed by atoms with van der Waals surface area (Å²) in [4.78, 5) is 0.0932. The maximum absolute atomic E-state index is 6.63. The zero-order chi connectivity index (χ0) is 10.2. The minimum Gasteiger partial charge on any atom is -0.120 e. The quantitative estimate of drug-likeness (QED) is 0.528. The largest absolute Gasteiger partial charge is 0.120 e. The van der Waals surface area contributed by atoms with Crippen molar-refractivity contribution in [1.82, 2.24) is 0 Å². The van der Waals surface area contributed by atoms with Gasteiger partial charge >= 0.3 is 0 Å². The molecule has 0 saturated heterocycles. The van der Waals surface area contributed by atoms with Crippen LogP contribution in [0.4, 0.5) is 0 Å². The lowest BCUT2D eigenvalue weighted by Crippen LogP contribution is -2.45. The maximum atomic E-state index is 6.63. The summed E-state index contributed by atoms with van der Waals surface area (Å²) in [5, 5.41) is 0. The fraction of sp³-hybridized carbons (Fsp3) is 1.00. The van der Waals surface area contributed by atoms with E-state index in [0.717, 1.165) is 11.8 Å². The molecule has 0 radical (unpaired) electrons. The number of alkyl halides is 1. The molecule has 2 bridgehead atoms. The van der Waals surface area contributed by atoms with Gasteiger partial charge in [0.25, 0.3) is 0 Å². The van der Waals surface area contributed by atoms with E-state index in [9.17, 15) is 0 Å². The van der Waals surface area contributed by atoms with Gasteiger partial charge in [0, 0.05) is 4.87 Å². The molecule has 1 heteroatoms. The molecule has 0 aromatic rings. The third kappa shape index (κ3) is 1.13. The molecule has 0 nitrogen and oxygen atoms in total. The number of fused-ring (bicyclic) bond motifs is 1. The van der Waals surface area contributed by atoms with Crippen LogP contribution in [0.5, 0.6) is 0 Å². The Morgan fingerprint density at radius 2 is 1.71 bits per heavy atom. The van der Waals surface area contributed by atoms with Crippen LogP contribution in [0.2, 0.25) is 0 Å². The molecule has 0 N–H and O–H groups in total. The Morgan fingerprint density at radius 1 is 1.00 bits per heavy atom. The van der Waals surface area contributed by atoms with E-state index in [2.05, 4.69) is 20.8 Å². The average Bonchev–Trinajstić information content (AvgIpc) is 2.08. The van der Waals surface area contributed by atoms with Crippen molar-refractivity contribution in [3.05, 3.63) is 0 Å². The topological polar surface area (TPSA) is 0 Å². The van der Waals surface area contributed by atoms with E-state index in [4.69, 9.17) is 11.6 Å². The van der Waals surface area contributed by atoms with Crippen LogP contribution < -0.4 is 0 Å². The fourth-order valence-electron chi connectivity index (χ4n) is 5.35. The van der Waals surface area contributed by atoms with Gasteiger partial charge in [-0.15, -0.1) is 11.6 Å². The van der Waals surface area contributed by atoms with Gasteiger partial charge in [0.1, 0.15) is 0 Å². The molecule has 3 aliphatic rings. The Kier molecular flexibility index (Phi) is 1.59. The van der Waals surface area contributed by atoms with E-state index < -0.39 is 0 Å². The molecule has 0 amide bonds. The molecule has 5 atom stereocenters. The SMILES string of the molecule is CC1(Cl)CC2CC3(C)CC(C)(CC23)C1. The molecule has 5 unspecified atom stereocenters. The van der Waals surface area contributed by atoms with Crippen LogP contribution in [-0.4, -0.2) is 4.87 Å².